The molecular weight excluding hydrogens is 1190 g/mol. The lowest BCUT2D eigenvalue weighted by Gasteiger charge is -2.29. The first-order valence-corrected chi connectivity index (χ1v) is 31.2. The highest BCUT2D eigenvalue weighted by Gasteiger charge is 2.27. The van der Waals surface area contributed by atoms with Crippen LogP contribution < -0.4 is 19.4 Å². The molecule has 0 spiro atoms. The molecule has 15 heteroatoms. The van der Waals surface area contributed by atoms with E-state index in [9.17, 15) is 0 Å². The summed E-state index contributed by atoms with van der Waals surface area (Å²) >= 11 is 0. The molecule has 0 saturated heterocycles. The van der Waals surface area contributed by atoms with Gasteiger partial charge in [-0.1, -0.05) is 146 Å². The molecule has 12 aromatic carbocycles. The van der Waals surface area contributed by atoms with E-state index in [1.165, 1.54) is 5.56 Å². The van der Waals surface area contributed by atoms with Gasteiger partial charge in [-0.3, -0.25) is 0 Å². The summed E-state index contributed by atoms with van der Waals surface area (Å²) in [6.45, 7) is 2.12. The Bertz CT molecular complexity index is 4910. The Balaban J connectivity index is 0.833. The Labute approximate surface area is 552 Å². The highest BCUT2D eigenvalue weighted by molar-refractivity contribution is 5.87. The van der Waals surface area contributed by atoms with E-state index in [4.69, 9.17) is 22.8 Å². The zero-order valence-electron chi connectivity index (χ0n) is 51.7. The fraction of sp³-hybridized carbons (Fsp3) is 0.0123. The molecule has 0 aliphatic rings. The largest absolute Gasteiger partial charge is 0.416 e. The molecule has 16 aromatic rings. The van der Waals surface area contributed by atoms with Gasteiger partial charge in [0.05, 0.1) is 5.69 Å². The first-order valence-electron chi connectivity index (χ1n) is 31.2. The van der Waals surface area contributed by atoms with Crippen LogP contribution in [0.2, 0.25) is 0 Å². The van der Waals surface area contributed by atoms with Crippen LogP contribution in [0.5, 0.6) is 0 Å². The maximum absolute atomic E-state index is 6.55. The molecule has 96 heavy (non-hydrogen) atoms. The van der Waals surface area contributed by atoms with Crippen LogP contribution in [0.25, 0.3) is 97.0 Å². The molecule has 0 bridgehead atoms. The minimum atomic E-state index is 0.268. The Morgan fingerprint density at radius 2 is 0.552 bits per heavy atom. The van der Waals surface area contributed by atoms with Gasteiger partial charge in [0.25, 0.3) is 5.89 Å². The molecular formula is C81H56N11O4+. The molecule has 0 unspecified atom stereocenters. The van der Waals surface area contributed by atoms with Gasteiger partial charge in [-0.25, -0.2) is 0 Å². The minimum Gasteiger partial charge on any atom is -0.416 e. The van der Waals surface area contributed by atoms with Crippen LogP contribution in [-0.2, 0) is 0 Å². The highest BCUT2D eigenvalue weighted by atomic mass is 16.4. The molecule has 0 aliphatic heterocycles. The lowest BCUT2D eigenvalue weighted by molar-refractivity contribution is -0.659. The van der Waals surface area contributed by atoms with Crippen molar-refractivity contribution in [2.75, 3.05) is 14.7 Å². The molecule has 0 fully saturated rings. The number of aromatic nitrogens is 8. The maximum Gasteiger partial charge on any atom is 0.368 e. The molecule has 458 valence electrons. The average molecular weight is 1250 g/mol. The Morgan fingerprint density at radius 3 is 0.958 bits per heavy atom. The number of rotatable bonds is 18. The Morgan fingerprint density at radius 1 is 0.240 bits per heavy atom. The fourth-order valence-corrected chi connectivity index (χ4v) is 11.8. The van der Waals surface area contributed by atoms with Gasteiger partial charge in [0, 0.05) is 102 Å². The van der Waals surface area contributed by atoms with Gasteiger partial charge in [-0.15, -0.1) is 30.6 Å². The van der Waals surface area contributed by atoms with E-state index in [0.717, 1.165) is 73.2 Å². The molecule has 0 amide bonds. The van der Waals surface area contributed by atoms with E-state index in [2.05, 4.69) is 198 Å². The van der Waals surface area contributed by atoms with Gasteiger partial charge in [-0.05, 0) is 186 Å². The molecule has 0 N–H and O–H groups in total. The van der Waals surface area contributed by atoms with Crippen molar-refractivity contribution in [3.05, 3.63) is 327 Å². The first-order chi connectivity index (χ1) is 47.4. The number of hydrogen-bond acceptors (Lipinski definition) is 14. The Kier molecular flexibility index (Phi) is 15.5. The number of nitrogens with zero attached hydrogens (tertiary/aromatic N) is 11. The number of anilines is 9. The molecule has 0 radical (unpaired) electrons. The third-order valence-electron chi connectivity index (χ3n) is 16.4. The summed E-state index contributed by atoms with van der Waals surface area (Å²) in [6, 6.07) is 106. The molecule has 0 atom stereocenters. The molecule has 0 aliphatic carbocycles. The third-order valence-corrected chi connectivity index (χ3v) is 16.4. The Hall–Kier alpha value is -13.4. The predicted octanol–water partition coefficient (Wildman–Crippen LogP) is 20.2. The lowest BCUT2D eigenvalue weighted by Crippen LogP contribution is -2.32. The van der Waals surface area contributed by atoms with Crippen molar-refractivity contribution in [3.8, 4) is 97.0 Å². The zero-order valence-corrected chi connectivity index (χ0v) is 51.7. The number of aryl methyl sites for hydroxylation is 1. The first kappa shape index (κ1) is 57.7. The van der Waals surface area contributed by atoms with Gasteiger partial charge in [-0.2, -0.15) is 0 Å². The highest BCUT2D eigenvalue weighted by Crippen LogP contribution is 2.45. The van der Waals surface area contributed by atoms with Crippen molar-refractivity contribution < 1.29 is 22.4 Å². The minimum absolute atomic E-state index is 0.268. The van der Waals surface area contributed by atoms with Gasteiger partial charge in [0.2, 0.25) is 41.0 Å². The van der Waals surface area contributed by atoms with E-state index < -0.39 is 0 Å². The van der Waals surface area contributed by atoms with E-state index in [1.807, 2.05) is 170 Å². The quantitative estimate of drug-likeness (QED) is 0.0748. The van der Waals surface area contributed by atoms with Gasteiger partial charge in [0.15, 0.2) is 0 Å². The lowest BCUT2D eigenvalue weighted by atomic mass is 10.0. The third kappa shape index (κ3) is 12.0. The molecule has 0 saturated carbocycles. The second-order valence-corrected chi connectivity index (χ2v) is 22.8. The summed E-state index contributed by atoms with van der Waals surface area (Å²) in [5, 5.41) is 32.5. The number of benzene rings is 12. The summed E-state index contributed by atoms with van der Waals surface area (Å²) in [6.07, 6.45) is 1.58. The van der Waals surface area contributed by atoms with E-state index in [0.29, 0.717) is 57.3 Å². The smallest absolute Gasteiger partial charge is 0.368 e. The van der Waals surface area contributed by atoms with Gasteiger partial charge in [0.1, 0.15) is 0 Å². The summed E-state index contributed by atoms with van der Waals surface area (Å²) < 4.78 is 27.5. The van der Waals surface area contributed by atoms with Crippen LogP contribution in [0.4, 0.5) is 51.2 Å². The van der Waals surface area contributed by atoms with Crippen LogP contribution in [0.1, 0.15) is 5.56 Å². The van der Waals surface area contributed by atoms with Gasteiger partial charge >= 0.3 is 6.39 Å². The van der Waals surface area contributed by atoms with Crippen LogP contribution in [-0.4, -0.2) is 35.7 Å². The van der Waals surface area contributed by atoms with E-state index in [1.54, 1.807) is 11.1 Å². The van der Waals surface area contributed by atoms with Crippen molar-refractivity contribution >= 4 is 51.2 Å². The van der Waals surface area contributed by atoms with Crippen molar-refractivity contribution in [3.63, 3.8) is 0 Å². The second-order valence-electron chi connectivity index (χ2n) is 22.8. The maximum atomic E-state index is 6.55. The van der Waals surface area contributed by atoms with E-state index >= 15 is 0 Å². The van der Waals surface area contributed by atoms with Crippen molar-refractivity contribution in [2.45, 2.75) is 6.92 Å². The fourth-order valence-electron chi connectivity index (χ4n) is 11.8. The standard InChI is InChI=1S/C81H56N11O4/c1-55-21-20-34-71(47-55)91(66-32-18-7-19-33-66)68-41-37-57(38-42-68)56-35-39-67(40-36-56)90(65-30-16-6-17-31-65)69-43-45-70(46-44-69)92(73-50-62(78-85-82-75(94-78)58-22-8-2-9-23-58)48-63(51-73)79-86-83-76(95-79)59-24-10-3-11-25-59)74-52-64(80-87-84-77(96-80)60-26-12-4-13-27-60)49-72(53-74)89-54-93-81(88-89)61-28-14-5-15-29-61/h2-54H,1H3/q+1. The molecule has 15 nitrogen and oxygen atoms in total. The summed E-state index contributed by atoms with van der Waals surface area (Å²) in [5.41, 5.74) is 17.1. The van der Waals surface area contributed by atoms with Crippen LogP contribution >= 0.6 is 0 Å². The molecule has 4 aromatic heterocycles. The monoisotopic (exact) mass is 1250 g/mol. The summed E-state index contributed by atoms with van der Waals surface area (Å²) in [7, 11) is 0. The summed E-state index contributed by atoms with van der Waals surface area (Å²) in [4.78, 5) is 6.67. The van der Waals surface area contributed by atoms with Crippen LogP contribution in [0.3, 0.4) is 0 Å². The average Bonchev–Trinajstić information content (AvgIpc) is 1.13. The second kappa shape index (κ2) is 25.7. The normalized spacial score (nSPS) is 11.2. The van der Waals surface area contributed by atoms with Crippen LogP contribution in [0, 0.1) is 6.92 Å². The summed E-state index contributed by atoms with van der Waals surface area (Å²) in [5.74, 6) is 2.32. The zero-order chi connectivity index (χ0) is 64.2. The van der Waals surface area contributed by atoms with Crippen molar-refractivity contribution in [1.82, 2.24) is 35.7 Å². The van der Waals surface area contributed by atoms with Crippen molar-refractivity contribution in [1.29, 1.82) is 0 Å². The topological polar surface area (TPSA) is 156 Å². The van der Waals surface area contributed by atoms with Gasteiger partial charge < -0.3 is 32.4 Å². The van der Waals surface area contributed by atoms with Crippen LogP contribution in [0.15, 0.2) is 340 Å². The predicted molar refractivity (Wildman–Crippen MR) is 374 cm³/mol. The van der Waals surface area contributed by atoms with E-state index in [-0.39, 0.29) is 17.7 Å². The molecule has 16 rings (SSSR count). The number of hydrogen-bond donors (Lipinski definition) is 0. The molecule has 4 heterocycles. The SMILES string of the molecule is Cc1cccc(N(c2ccccc2)c2ccc(-c3ccc(N(c4ccccc4)c4ccc(N(c5cc(-c6nnc(-c7ccccc7)o6)cc(-c6nnc(-c7ccccc7)o6)c5)c5cc(-c6nnc(-c7ccccc7)o6)cc(-[n+]6coc(-c7ccccc7)n6)c5)cc4)cc3)cc2)c1. The number of para-hydroxylation sites is 2. The van der Waals surface area contributed by atoms with Crippen molar-refractivity contribution in [2.24, 2.45) is 0 Å².